The van der Waals surface area contributed by atoms with Crippen LogP contribution >= 0.6 is 23.1 Å². The first-order valence-corrected chi connectivity index (χ1v) is 13.1. The van der Waals surface area contributed by atoms with Gasteiger partial charge in [0.1, 0.15) is 5.82 Å². The number of thioether (sulfide) groups is 1. The molecule has 1 N–H and O–H groups in total. The maximum absolute atomic E-state index is 13.9. The summed E-state index contributed by atoms with van der Waals surface area (Å²) in [6, 6.07) is 14.6. The molecule has 1 unspecified atom stereocenters. The minimum absolute atomic E-state index is 0.0430. The summed E-state index contributed by atoms with van der Waals surface area (Å²) >= 11 is 3.38. The number of H-pyrrole nitrogens is 1. The number of carbonyl (C=O) groups excluding carboxylic acids is 1. The number of nitrogens with one attached hydrogen (secondary N) is 1. The summed E-state index contributed by atoms with van der Waals surface area (Å²) in [5, 5.41) is 0. The summed E-state index contributed by atoms with van der Waals surface area (Å²) < 4.78 is 0. The number of hydrogen-bond acceptors (Lipinski definition) is 4. The molecule has 0 bridgehead atoms. The standard InChI is InChI=1S/C27H27N3OS2/c1-15-10-24(26-28-22-9-8-20(32-5)13-23(22)29-26)30(14-15)27(31)21-12-18(4)33-25(21)19-7-6-16(2)17(3)11-19/h6-9,11-13,24H,1,10,14H2,2-5H3,(H,28,29). The highest BCUT2D eigenvalue weighted by Crippen LogP contribution is 2.39. The Kier molecular flexibility index (Phi) is 5.67. The second kappa shape index (κ2) is 8.50. The number of nitrogens with zero attached hydrogens (tertiary/aromatic N) is 2. The first-order valence-electron chi connectivity index (χ1n) is 11.0. The zero-order valence-electron chi connectivity index (χ0n) is 19.4. The number of aromatic amines is 1. The minimum atomic E-state index is -0.136. The molecule has 2 aromatic carbocycles. The van der Waals surface area contributed by atoms with Crippen molar-refractivity contribution < 1.29 is 4.79 Å². The van der Waals surface area contributed by atoms with E-state index in [0.717, 1.165) is 49.7 Å². The number of aryl methyl sites for hydroxylation is 3. The van der Waals surface area contributed by atoms with E-state index in [1.54, 1.807) is 23.1 Å². The number of thiophene rings is 1. The van der Waals surface area contributed by atoms with Crippen molar-refractivity contribution in [2.45, 2.75) is 38.1 Å². The molecule has 2 aromatic heterocycles. The Hall–Kier alpha value is -2.83. The number of amides is 1. The fourth-order valence-corrected chi connectivity index (χ4v) is 5.91. The molecule has 1 amide bonds. The summed E-state index contributed by atoms with van der Waals surface area (Å²) in [6.07, 6.45) is 2.79. The van der Waals surface area contributed by atoms with Crippen LogP contribution in [0.1, 0.15) is 44.6 Å². The Morgan fingerprint density at radius 1 is 1.15 bits per heavy atom. The molecule has 1 aliphatic rings. The number of aromatic nitrogens is 2. The number of hydrogen-bond donors (Lipinski definition) is 1. The van der Waals surface area contributed by atoms with Crippen LogP contribution in [0.25, 0.3) is 21.5 Å². The van der Waals surface area contributed by atoms with Crippen LogP contribution in [0.4, 0.5) is 0 Å². The van der Waals surface area contributed by atoms with Crippen molar-refractivity contribution in [1.82, 2.24) is 14.9 Å². The molecule has 4 nitrogen and oxygen atoms in total. The molecule has 0 saturated carbocycles. The molecule has 5 rings (SSSR count). The Morgan fingerprint density at radius 2 is 1.97 bits per heavy atom. The summed E-state index contributed by atoms with van der Waals surface area (Å²) in [5.41, 5.74) is 7.34. The second-order valence-corrected chi connectivity index (χ2v) is 10.9. The van der Waals surface area contributed by atoms with Crippen molar-refractivity contribution in [2.24, 2.45) is 0 Å². The van der Waals surface area contributed by atoms with Crippen LogP contribution in [0, 0.1) is 20.8 Å². The fraction of sp³-hybridized carbons (Fsp3) is 0.259. The Morgan fingerprint density at radius 3 is 2.73 bits per heavy atom. The molecule has 0 radical (unpaired) electrons. The van der Waals surface area contributed by atoms with Crippen molar-refractivity contribution in [3.8, 4) is 10.4 Å². The van der Waals surface area contributed by atoms with E-state index < -0.39 is 0 Å². The average molecular weight is 474 g/mol. The van der Waals surface area contributed by atoms with Gasteiger partial charge in [-0.25, -0.2) is 4.98 Å². The monoisotopic (exact) mass is 473 g/mol. The maximum Gasteiger partial charge on any atom is 0.256 e. The fourth-order valence-electron chi connectivity index (χ4n) is 4.47. The van der Waals surface area contributed by atoms with E-state index in [1.807, 2.05) is 11.0 Å². The van der Waals surface area contributed by atoms with Crippen LogP contribution in [-0.4, -0.2) is 33.6 Å². The lowest BCUT2D eigenvalue weighted by Gasteiger charge is -2.23. The average Bonchev–Trinajstić information content (AvgIpc) is 3.50. The highest BCUT2D eigenvalue weighted by molar-refractivity contribution is 7.98. The van der Waals surface area contributed by atoms with Gasteiger partial charge < -0.3 is 9.88 Å². The van der Waals surface area contributed by atoms with Crippen molar-refractivity contribution in [3.63, 3.8) is 0 Å². The van der Waals surface area contributed by atoms with Crippen molar-refractivity contribution >= 4 is 40.0 Å². The van der Waals surface area contributed by atoms with Gasteiger partial charge in [-0.1, -0.05) is 30.4 Å². The lowest BCUT2D eigenvalue weighted by molar-refractivity contribution is 0.0734. The predicted molar refractivity (Wildman–Crippen MR) is 139 cm³/mol. The van der Waals surface area contributed by atoms with E-state index in [1.165, 1.54) is 16.0 Å². The molecular weight excluding hydrogens is 446 g/mol. The quantitative estimate of drug-likeness (QED) is 0.254. The van der Waals surface area contributed by atoms with E-state index in [0.29, 0.717) is 6.54 Å². The normalized spacial score (nSPS) is 16.2. The first kappa shape index (κ1) is 22.0. The molecule has 6 heteroatoms. The van der Waals surface area contributed by atoms with Crippen LogP contribution in [0.5, 0.6) is 0 Å². The predicted octanol–water partition coefficient (Wildman–Crippen LogP) is 7.08. The third-order valence-corrected chi connectivity index (χ3v) is 8.22. The molecule has 0 aliphatic carbocycles. The first-order chi connectivity index (χ1) is 15.8. The van der Waals surface area contributed by atoms with Gasteiger partial charge in [0.05, 0.1) is 22.6 Å². The van der Waals surface area contributed by atoms with Gasteiger partial charge in [-0.3, -0.25) is 4.79 Å². The van der Waals surface area contributed by atoms with Crippen molar-refractivity contribution in [3.05, 3.63) is 82.0 Å². The summed E-state index contributed by atoms with van der Waals surface area (Å²) in [4.78, 5) is 27.5. The molecule has 1 fully saturated rings. The van der Waals surface area contributed by atoms with Crippen molar-refractivity contribution in [2.75, 3.05) is 12.8 Å². The number of carbonyl (C=O) groups is 1. The van der Waals surface area contributed by atoms with Crippen LogP contribution < -0.4 is 0 Å². The number of rotatable bonds is 4. The number of benzene rings is 2. The summed E-state index contributed by atoms with van der Waals surface area (Å²) in [5.74, 6) is 0.872. The van der Waals surface area contributed by atoms with Gasteiger partial charge in [-0.05, 0) is 74.4 Å². The van der Waals surface area contributed by atoms with E-state index >= 15 is 0 Å². The second-order valence-electron chi connectivity index (χ2n) is 8.81. The third kappa shape index (κ3) is 4.02. The Balaban J connectivity index is 1.53. The van der Waals surface area contributed by atoms with Crippen LogP contribution in [0.15, 0.2) is 59.5 Å². The van der Waals surface area contributed by atoms with Gasteiger partial charge in [0.15, 0.2) is 0 Å². The molecule has 0 spiro atoms. The lowest BCUT2D eigenvalue weighted by atomic mass is 10.0. The number of likely N-dealkylation sites (tertiary alicyclic amines) is 1. The minimum Gasteiger partial charge on any atom is -0.340 e. The summed E-state index contributed by atoms with van der Waals surface area (Å²) in [7, 11) is 0. The largest absolute Gasteiger partial charge is 0.340 e. The van der Waals surface area contributed by atoms with Crippen LogP contribution in [0.2, 0.25) is 0 Å². The van der Waals surface area contributed by atoms with E-state index in [2.05, 4.69) is 75.0 Å². The smallest absolute Gasteiger partial charge is 0.256 e. The molecule has 33 heavy (non-hydrogen) atoms. The van der Waals surface area contributed by atoms with Gasteiger partial charge in [0.2, 0.25) is 0 Å². The highest BCUT2D eigenvalue weighted by Gasteiger charge is 2.36. The van der Waals surface area contributed by atoms with Crippen molar-refractivity contribution in [1.29, 1.82) is 0 Å². The van der Waals surface area contributed by atoms with Gasteiger partial charge in [0.25, 0.3) is 5.91 Å². The molecule has 1 saturated heterocycles. The molecule has 3 heterocycles. The van der Waals surface area contributed by atoms with Gasteiger partial charge >= 0.3 is 0 Å². The van der Waals surface area contributed by atoms with Gasteiger partial charge in [-0.2, -0.15) is 0 Å². The van der Waals surface area contributed by atoms with Crippen LogP contribution in [-0.2, 0) is 0 Å². The van der Waals surface area contributed by atoms with Gasteiger partial charge in [0, 0.05) is 21.2 Å². The zero-order valence-corrected chi connectivity index (χ0v) is 21.0. The topological polar surface area (TPSA) is 49.0 Å². The molecule has 168 valence electrons. The summed E-state index contributed by atoms with van der Waals surface area (Å²) in [6.45, 7) is 11.1. The molecule has 1 atom stereocenters. The van der Waals surface area contributed by atoms with E-state index in [-0.39, 0.29) is 11.9 Å². The highest BCUT2D eigenvalue weighted by atomic mass is 32.2. The SMILES string of the molecule is C=C1CC(c2nc3cc(SC)ccc3[nH]2)N(C(=O)c2cc(C)sc2-c2ccc(C)c(C)c2)C1. The van der Waals surface area contributed by atoms with Crippen LogP contribution in [0.3, 0.4) is 0 Å². The number of imidazole rings is 1. The molecule has 1 aliphatic heterocycles. The van der Waals surface area contributed by atoms with E-state index in [9.17, 15) is 4.79 Å². The third-order valence-electron chi connectivity index (χ3n) is 6.39. The Labute approximate surface area is 202 Å². The maximum atomic E-state index is 13.9. The van der Waals surface area contributed by atoms with E-state index in [4.69, 9.17) is 4.98 Å². The Bertz CT molecular complexity index is 1400. The lowest BCUT2D eigenvalue weighted by Crippen LogP contribution is -2.31. The zero-order chi connectivity index (χ0) is 23.3. The molecular formula is C27H27N3OS2. The molecule has 4 aromatic rings. The number of fused-ring (bicyclic) bond motifs is 1. The van der Waals surface area contributed by atoms with Gasteiger partial charge in [-0.15, -0.1) is 23.1 Å².